The summed E-state index contributed by atoms with van der Waals surface area (Å²) in [6, 6.07) is 18.0. The van der Waals surface area contributed by atoms with Gasteiger partial charge in [0.05, 0.1) is 13.7 Å². The lowest BCUT2D eigenvalue weighted by Gasteiger charge is -2.19. The highest BCUT2D eigenvalue weighted by atomic mass is 35.5. The van der Waals surface area contributed by atoms with Gasteiger partial charge in [-0.15, -0.1) is 12.4 Å². The third-order valence-electron chi connectivity index (χ3n) is 4.18. The molecule has 0 amide bonds. The van der Waals surface area contributed by atoms with Crippen molar-refractivity contribution in [2.24, 2.45) is 5.73 Å². The van der Waals surface area contributed by atoms with E-state index in [1.54, 1.807) is 7.11 Å². The molecule has 7 heteroatoms. The van der Waals surface area contributed by atoms with Crippen LogP contribution < -0.4 is 10.5 Å². The van der Waals surface area contributed by atoms with Crippen molar-refractivity contribution in [2.45, 2.75) is 13.0 Å². The van der Waals surface area contributed by atoms with Crippen molar-refractivity contribution in [1.82, 2.24) is 15.0 Å². The molecule has 1 aromatic heterocycles. The van der Waals surface area contributed by atoms with Gasteiger partial charge in [0.1, 0.15) is 5.75 Å². The fourth-order valence-corrected chi connectivity index (χ4v) is 2.75. The molecular weight excluding hydrogens is 364 g/mol. The molecule has 0 saturated carbocycles. The van der Waals surface area contributed by atoms with Crippen molar-refractivity contribution < 1.29 is 9.26 Å². The molecule has 3 rings (SSSR count). The van der Waals surface area contributed by atoms with Crippen LogP contribution >= 0.6 is 12.4 Å². The molecule has 6 nitrogen and oxygen atoms in total. The van der Waals surface area contributed by atoms with E-state index in [2.05, 4.69) is 39.3 Å². The van der Waals surface area contributed by atoms with Crippen molar-refractivity contribution in [3.63, 3.8) is 0 Å². The first kappa shape index (κ1) is 20.9. The van der Waals surface area contributed by atoms with E-state index in [-0.39, 0.29) is 12.4 Å². The smallest absolute Gasteiger partial charge is 0.241 e. The molecule has 0 bridgehead atoms. The summed E-state index contributed by atoms with van der Waals surface area (Å²) in [6.07, 6.45) is 0.959. The monoisotopic (exact) mass is 388 g/mol. The van der Waals surface area contributed by atoms with Gasteiger partial charge in [-0.05, 0) is 36.2 Å². The summed E-state index contributed by atoms with van der Waals surface area (Å²) >= 11 is 0. The minimum atomic E-state index is 0. The average Bonchev–Trinajstić information content (AvgIpc) is 3.16. The van der Waals surface area contributed by atoms with Gasteiger partial charge >= 0.3 is 0 Å². The maximum Gasteiger partial charge on any atom is 0.241 e. The molecule has 0 aliphatic heterocycles. The van der Waals surface area contributed by atoms with Gasteiger partial charge in [0.15, 0.2) is 0 Å². The predicted octanol–water partition coefficient (Wildman–Crippen LogP) is 3.17. The number of methoxy groups -OCH3 is 1. The number of nitrogens with two attached hydrogens (primary N) is 1. The normalized spacial score (nSPS) is 10.6. The minimum Gasteiger partial charge on any atom is -0.497 e. The molecule has 0 aliphatic carbocycles. The Labute approximate surface area is 165 Å². The van der Waals surface area contributed by atoms with Crippen molar-refractivity contribution in [3.05, 3.63) is 66.1 Å². The summed E-state index contributed by atoms with van der Waals surface area (Å²) in [4.78, 5) is 6.75. The van der Waals surface area contributed by atoms with Gasteiger partial charge in [-0.2, -0.15) is 4.98 Å². The molecule has 0 saturated heterocycles. The first-order chi connectivity index (χ1) is 12.8. The summed E-state index contributed by atoms with van der Waals surface area (Å²) < 4.78 is 10.6. The van der Waals surface area contributed by atoms with Crippen LogP contribution in [-0.2, 0) is 13.0 Å². The lowest BCUT2D eigenvalue weighted by atomic mass is 10.1. The molecule has 1 heterocycles. The SMILES string of the molecule is COc1ccc(-c2noc(CN(CCN)CCc3ccccc3)n2)cc1.Cl. The van der Waals surface area contributed by atoms with Gasteiger partial charge in [0, 0.05) is 25.2 Å². The first-order valence-corrected chi connectivity index (χ1v) is 8.72. The number of nitrogens with zero attached hydrogens (tertiary/aromatic N) is 3. The van der Waals surface area contributed by atoms with Crippen molar-refractivity contribution in [3.8, 4) is 17.1 Å². The van der Waals surface area contributed by atoms with Crippen molar-refractivity contribution in [2.75, 3.05) is 26.7 Å². The highest BCUT2D eigenvalue weighted by Crippen LogP contribution is 2.20. The van der Waals surface area contributed by atoms with E-state index in [9.17, 15) is 0 Å². The van der Waals surface area contributed by atoms with Gasteiger partial charge in [0.2, 0.25) is 11.7 Å². The Morgan fingerprint density at radius 1 is 1.04 bits per heavy atom. The molecule has 27 heavy (non-hydrogen) atoms. The fraction of sp³-hybridized carbons (Fsp3) is 0.300. The average molecular weight is 389 g/mol. The fourth-order valence-electron chi connectivity index (χ4n) is 2.75. The Bertz CT molecular complexity index is 793. The standard InChI is InChI=1S/C20H24N4O2.ClH/c1-25-18-9-7-17(8-10-18)20-22-19(26-23-20)15-24(14-12-21)13-11-16-5-3-2-4-6-16;/h2-10H,11-15,21H2,1H3;1H. The van der Waals surface area contributed by atoms with E-state index in [4.69, 9.17) is 15.0 Å². The number of aromatic nitrogens is 2. The molecule has 0 unspecified atom stereocenters. The van der Waals surface area contributed by atoms with Crippen LogP contribution in [0.4, 0.5) is 0 Å². The topological polar surface area (TPSA) is 77.4 Å². The van der Waals surface area contributed by atoms with Crippen molar-refractivity contribution >= 4 is 12.4 Å². The zero-order chi connectivity index (χ0) is 18.2. The van der Waals surface area contributed by atoms with Crippen LogP contribution in [0.1, 0.15) is 11.5 Å². The number of rotatable bonds is 9. The number of hydrogen-bond donors (Lipinski definition) is 1. The second-order valence-corrected chi connectivity index (χ2v) is 6.04. The molecule has 0 radical (unpaired) electrons. The Balaban J connectivity index is 0.00000261. The zero-order valence-corrected chi connectivity index (χ0v) is 16.2. The van der Waals surface area contributed by atoms with Gasteiger partial charge < -0.3 is 15.0 Å². The van der Waals surface area contributed by atoms with Crippen molar-refractivity contribution in [1.29, 1.82) is 0 Å². The third kappa shape index (κ3) is 6.06. The molecule has 3 aromatic rings. The maximum absolute atomic E-state index is 5.76. The zero-order valence-electron chi connectivity index (χ0n) is 15.4. The van der Waals surface area contributed by atoms with Crippen LogP contribution in [0.2, 0.25) is 0 Å². The van der Waals surface area contributed by atoms with Crippen LogP contribution in [-0.4, -0.2) is 41.8 Å². The molecule has 0 fully saturated rings. The molecule has 0 aliphatic rings. The largest absolute Gasteiger partial charge is 0.497 e. The number of halogens is 1. The number of hydrogen-bond acceptors (Lipinski definition) is 6. The van der Waals surface area contributed by atoms with Crippen LogP contribution in [0.3, 0.4) is 0 Å². The highest BCUT2D eigenvalue weighted by molar-refractivity contribution is 5.85. The molecule has 144 valence electrons. The number of benzene rings is 2. The van der Waals surface area contributed by atoms with Gasteiger partial charge in [-0.25, -0.2) is 0 Å². The van der Waals surface area contributed by atoms with E-state index in [1.165, 1.54) is 5.56 Å². The lowest BCUT2D eigenvalue weighted by molar-refractivity contribution is 0.234. The summed E-state index contributed by atoms with van der Waals surface area (Å²) in [5.41, 5.74) is 7.96. The van der Waals surface area contributed by atoms with Crippen LogP contribution in [0.5, 0.6) is 5.75 Å². The summed E-state index contributed by atoms with van der Waals surface area (Å²) in [6.45, 7) is 2.86. The summed E-state index contributed by atoms with van der Waals surface area (Å²) in [7, 11) is 1.64. The minimum absolute atomic E-state index is 0. The van der Waals surface area contributed by atoms with Gasteiger partial charge in [-0.1, -0.05) is 35.5 Å². The van der Waals surface area contributed by atoms with E-state index >= 15 is 0 Å². The van der Waals surface area contributed by atoms with E-state index in [0.717, 1.165) is 30.8 Å². The molecule has 2 N–H and O–H groups in total. The second-order valence-electron chi connectivity index (χ2n) is 6.04. The third-order valence-corrected chi connectivity index (χ3v) is 4.18. The highest BCUT2D eigenvalue weighted by Gasteiger charge is 2.13. The maximum atomic E-state index is 5.76. The quantitative estimate of drug-likeness (QED) is 0.606. The molecule has 0 spiro atoms. The Kier molecular flexibility index (Phi) is 8.26. The Morgan fingerprint density at radius 3 is 2.44 bits per heavy atom. The molecule has 2 aromatic carbocycles. The molecule has 0 atom stereocenters. The van der Waals surface area contributed by atoms with Crippen LogP contribution in [0, 0.1) is 0 Å². The van der Waals surface area contributed by atoms with E-state index < -0.39 is 0 Å². The molecular formula is C20H25ClN4O2. The van der Waals surface area contributed by atoms with E-state index in [0.29, 0.717) is 24.8 Å². The van der Waals surface area contributed by atoms with Crippen LogP contribution in [0.25, 0.3) is 11.4 Å². The van der Waals surface area contributed by atoms with E-state index in [1.807, 2.05) is 30.3 Å². The Morgan fingerprint density at radius 2 is 1.78 bits per heavy atom. The Hall–Kier alpha value is -2.41. The predicted molar refractivity (Wildman–Crippen MR) is 108 cm³/mol. The van der Waals surface area contributed by atoms with Gasteiger partial charge in [0.25, 0.3) is 0 Å². The van der Waals surface area contributed by atoms with Gasteiger partial charge in [-0.3, -0.25) is 4.90 Å². The second kappa shape index (κ2) is 10.7. The van der Waals surface area contributed by atoms with Crippen LogP contribution in [0.15, 0.2) is 59.1 Å². The lowest BCUT2D eigenvalue weighted by Crippen LogP contribution is -2.31. The number of ether oxygens (including phenoxy) is 1. The summed E-state index contributed by atoms with van der Waals surface area (Å²) in [5, 5.41) is 4.09. The summed E-state index contributed by atoms with van der Waals surface area (Å²) in [5.74, 6) is 1.98. The first-order valence-electron chi connectivity index (χ1n) is 8.72.